The van der Waals surface area contributed by atoms with Gasteiger partial charge in [0.25, 0.3) is 0 Å². The van der Waals surface area contributed by atoms with E-state index in [0.717, 1.165) is 45.4 Å². The number of tetrazole rings is 3. The Labute approximate surface area is 739 Å². The Morgan fingerprint density at radius 1 is 0.381 bits per heavy atom. The first-order chi connectivity index (χ1) is 55.8. The number of hydrogen-bond acceptors (Lipinski definition) is 22. The Bertz CT molecular complexity index is 5090. The molecule has 13 aromatic rings. The maximum atomic E-state index is 11.2. The summed E-state index contributed by atoms with van der Waals surface area (Å²) in [7, 11) is 0. The molecule has 0 spiro atoms. The Morgan fingerprint density at radius 3 is 1.04 bits per heavy atom. The van der Waals surface area contributed by atoms with Gasteiger partial charge in [-0.05, 0) is 127 Å². The van der Waals surface area contributed by atoms with Crippen LogP contribution in [0.3, 0.4) is 0 Å². The Kier molecular flexibility index (Phi) is 42.2. The molecule has 620 valence electrons. The second-order valence-corrected chi connectivity index (χ2v) is 45.0. The molecule has 4 aromatic carbocycles. The number of nitrogens with one attached hydrogen (secondary N) is 2. The van der Waals surface area contributed by atoms with Crippen molar-refractivity contribution in [2.45, 2.75) is 101 Å². The van der Waals surface area contributed by atoms with Gasteiger partial charge in [0.1, 0.15) is 43.2 Å². The third kappa shape index (κ3) is 38.0. The van der Waals surface area contributed by atoms with Gasteiger partial charge in [-0.1, -0.05) is 299 Å². The van der Waals surface area contributed by atoms with Crippen LogP contribution in [0.25, 0.3) is 17.5 Å². The number of benzene rings is 4. The predicted octanol–water partition coefficient (Wildman–Crippen LogP) is 23.1. The topological polar surface area (TPSA) is 355 Å². The number of nitrogen functional groups attached to an aromatic ring is 2. The molecule has 9 heterocycles. The fourth-order valence-electron chi connectivity index (χ4n) is 8.67. The number of nitrogens with zero attached hydrogens (tertiary/aromatic N) is 20. The predicted molar refractivity (Wildman–Crippen MR) is 485 cm³/mol. The number of amides is 1. The van der Waals surface area contributed by atoms with Crippen molar-refractivity contribution in [1.82, 2.24) is 90.5 Å². The molecular weight excluding hydrogens is 1750 g/mol. The fraction of sp³-hybridized carbons (Fsp3) is 0.225. The summed E-state index contributed by atoms with van der Waals surface area (Å²) in [6.07, 6.45) is 0. The first kappa shape index (κ1) is 98.9. The van der Waals surface area contributed by atoms with Gasteiger partial charge in [0.2, 0.25) is 11.1 Å². The Morgan fingerprint density at radius 2 is 0.703 bits per heavy atom. The van der Waals surface area contributed by atoms with Crippen molar-refractivity contribution in [2.75, 3.05) is 16.8 Å². The zero-order valence-electron chi connectivity index (χ0n) is 65.9. The van der Waals surface area contributed by atoms with E-state index >= 15 is 0 Å². The van der Waals surface area contributed by atoms with Crippen LogP contribution in [-0.4, -0.2) is 118 Å². The first-order valence-corrected chi connectivity index (χ1v) is 44.9. The number of anilines is 3. The fourth-order valence-corrected chi connectivity index (χ4v) is 9.41. The van der Waals surface area contributed by atoms with Crippen LogP contribution in [0.15, 0.2) is 241 Å². The molecule has 0 atom stereocenters. The van der Waals surface area contributed by atoms with Gasteiger partial charge in [0, 0.05) is 46.6 Å². The van der Waals surface area contributed by atoms with E-state index in [-0.39, 0.29) is 46.7 Å². The zero-order chi connectivity index (χ0) is 87.1. The van der Waals surface area contributed by atoms with Crippen molar-refractivity contribution in [2.24, 2.45) is 27.7 Å². The molecule has 1 amide bonds. The number of aliphatic imine (C=N–C) groups is 2. The minimum absolute atomic E-state index is 0.0216. The van der Waals surface area contributed by atoms with Gasteiger partial charge < -0.3 is 16.8 Å². The second kappa shape index (κ2) is 50.3. The maximum Gasteiger partial charge on any atom is 0.131 e. The molecule has 118 heavy (non-hydrogen) atoms. The smallest absolute Gasteiger partial charge is 0.131 e. The van der Waals surface area contributed by atoms with Crippen LogP contribution in [0.5, 0.6) is 0 Å². The molecule has 0 aliphatic heterocycles. The minimum Gasteiger partial charge on any atom is -0.384 e. The van der Waals surface area contributed by atoms with Crippen LogP contribution in [0, 0.1) is 23.2 Å². The van der Waals surface area contributed by atoms with Crippen LogP contribution in [0.2, 0.25) is 20.6 Å². The van der Waals surface area contributed by atoms with Gasteiger partial charge in [0.05, 0.1) is 11.4 Å². The van der Waals surface area contributed by atoms with Crippen LogP contribution in [0.4, 0.5) is 29.1 Å². The molecule has 9 aromatic heterocycles. The molecule has 13 rings (SSSR count). The van der Waals surface area contributed by atoms with E-state index in [4.69, 9.17) is 148 Å². The van der Waals surface area contributed by atoms with Gasteiger partial charge in [-0.2, -0.15) is 14.0 Å². The Hall–Kier alpha value is -9.64. The maximum absolute atomic E-state index is 11.2. The molecule has 6 N–H and O–H groups in total. The quantitative estimate of drug-likeness (QED) is 0.0302. The third-order valence-corrected chi connectivity index (χ3v) is 16.2. The first-order valence-electron chi connectivity index (χ1n) is 35.9. The largest absolute Gasteiger partial charge is 0.384 e. The average molecular weight is 1840 g/mol. The summed E-state index contributed by atoms with van der Waals surface area (Å²) in [5, 5.41) is 47.5. The van der Waals surface area contributed by atoms with Crippen molar-refractivity contribution in [1.29, 1.82) is 5.41 Å². The van der Waals surface area contributed by atoms with Crippen LogP contribution in [-0.2, 0) is 9.59 Å². The summed E-state index contributed by atoms with van der Waals surface area (Å²) in [5.74, 6) is 7.52. The van der Waals surface area contributed by atoms with Crippen molar-refractivity contribution >= 4 is 186 Å². The number of aromatic nitrogens is 18. The minimum atomic E-state index is -3.69. The van der Waals surface area contributed by atoms with Gasteiger partial charge in [-0.3, -0.25) is 15.0 Å². The summed E-state index contributed by atoms with van der Waals surface area (Å²) < 4.78 is 1.16. The van der Waals surface area contributed by atoms with E-state index in [1.165, 1.54) is 0 Å². The molecule has 0 aliphatic rings. The molecule has 26 nitrogen and oxygen atoms in total. The number of hydrogen-bond donors (Lipinski definition) is 4. The second-order valence-electron chi connectivity index (χ2n) is 26.1. The molecule has 0 unspecified atom stereocenters. The van der Waals surface area contributed by atoms with Crippen molar-refractivity contribution in [3.8, 4) is 17.5 Å². The van der Waals surface area contributed by atoms with Gasteiger partial charge in [0.15, 0.2) is 46.6 Å². The molecule has 0 fully saturated rings. The van der Waals surface area contributed by atoms with Crippen LogP contribution < -0.4 is 16.8 Å². The average Bonchev–Trinajstić information content (AvgIpc) is 1.61. The molecule has 0 bridgehead atoms. The number of rotatable bonds is 16. The van der Waals surface area contributed by atoms with E-state index in [1.54, 1.807) is 94.6 Å². The summed E-state index contributed by atoms with van der Waals surface area (Å²) >= 11 is 58.3. The summed E-state index contributed by atoms with van der Waals surface area (Å²) in [6.45, 7) is 23.3. The molecule has 0 saturated heterocycles. The number of carbonyl (C=O) groups excluding carboxylic acids is 2. The van der Waals surface area contributed by atoms with Crippen molar-refractivity contribution in [3.05, 3.63) is 291 Å². The SMILES string of the molecule is CC(C)C(=O)Cl.CC(C)C(=O)Nc1cccc(Cl)n1.CC(C)C(Cl)=Nc1cccc(Cl)n1.CC(C)c1nnnn1-c1cccc(Cl)n1.CC(C)c1nnnn1-c1cccc(N)n1.CC(C)c1nnnn1-c1cccc(N=C(c2ccccc2)c2ccccc2)n1.ClP(Cl)(Cl)(Cl)Cl.N=C(c1ccccc1)c1ccccc1.Nc1cccc(Cl)n1. The normalized spacial score (nSPS) is 11.0. The standard InChI is InChI=1S/C22H20N6.C13H11N.C9H10Cl2N2.C9H10ClN5.C9H11ClN2O.C9H12N6.C5H5ClN2.C4H7ClO.Cl5P/c1-16(2)22-25-26-27-28(22)20-15-9-14-19(23-20)24-21(17-10-5-3-6-11-17)18-12-7-4-8-13-18;14-13(11-7-3-1-4-8-11)12-9-5-2-6-10-12;1-6(2)9(11)13-8-5-3-4-7(10)12-8;1-6(2)9-12-13-14-15(9)8-5-3-4-7(10)11-8;1-6(2)9(13)12-8-5-3-4-7(10)11-8;1-6(2)9-12-13-14-15(9)8-5-3-4-7(10)11-8;6-4-2-1-3-5(7)8-4;1-3(2)4(5)6;1-6(2,3,4)5/h3-16H,1-2H3;1-10,14H;3-6H,1-2H3;3-6H,1-2H3;3-6H,1-2H3,(H,11,12,13);3-6H,1-2H3,(H2,10,11);1-3H,(H2,7,8);3H,1-2H3;. The molecule has 38 heteroatoms. The van der Waals surface area contributed by atoms with Crippen molar-refractivity contribution in [3.63, 3.8) is 0 Å². The van der Waals surface area contributed by atoms with E-state index in [0.29, 0.717) is 78.0 Å². The summed E-state index contributed by atoms with van der Waals surface area (Å²) in [4.78, 5) is 54.7. The monoisotopic (exact) mass is 1830 g/mol. The summed E-state index contributed by atoms with van der Waals surface area (Å²) in [6, 6.07) is 71.6. The molecule has 0 radical (unpaired) electrons. The number of nitrogens with two attached hydrogens (primary N) is 2. The van der Waals surface area contributed by atoms with Crippen molar-refractivity contribution < 1.29 is 9.59 Å². The number of halogens is 11. The molecular formula is C80H86Cl11N24O2P. The number of pyridine rings is 6. The van der Waals surface area contributed by atoms with E-state index in [9.17, 15) is 9.59 Å². The van der Waals surface area contributed by atoms with Gasteiger partial charge in [-0.25, -0.2) is 39.9 Å². The van der Waals surface area contributed by atoms with E-state index < -0.39 is 3.37 Å². The van der Waals surface area contributed by atoms with E-state index in [1.807, 2.05) is 233 Å². The Balaban J connectivity index is 0.000000246. The number of carbonyl (C=O) groups is 2. The van der Waals surface area contributed by atoms with E-state index in [2.05, 4.69) is 86.8 Å². The molecule has 0 saturated carbocycles. The van der Waals surface area contributed by atoms with Gasteiger partial charge in [-0.15, -0.1) is 15.3 Å². The third-order valence-electron chi connectivity index (χ3n) is 14.4. The zero-order valence-corrected chi connectivity index (χ0v) is 75.1. The van der Waals surface area contributed by atoms with Gasteiger partial charge >= 0.3 is 59.6 Å². The van der Waals surface area contributed by atoms with Crippen LogP contribution >= 0.6 is 129 Å². The summed E-state index contributed by atoms with van der Waals surface area (Å²) in [5.41, 5.74) is 16.3. The molecule has 0 aliphatic carbocycles. The van der Waals surface area contributed by atoms with Crippen LogP contribution in [0.1, 0.15) is 141 Å².